The van der Waals surface area contributed by atoms with E-state index in [0.29, 0.717) is 0 Å². The molecule has 0 spiro atoms. The minimum absolute atomic E-state index is 0.238. The Morgan fingerprint density at radius 1 is 1.03 bits per heavy atom. The number of hydrogen-bond acceptors (Lipinski definition) is 7. The van der Waals surface area contributed by atoms with Gasteiger partial charge in [-0.25, -0.2) is 9.97 Å². The normalized spacial score (nSPS) is 21.4. The van der Waals surface area contributed by atoms with Crippen LogP contribution in [0, 0.1) is 5.41 Å². The molecule has 0 bridgehead atoms. The molecule has 2 aromatic heterocycles. The molecule has 2 saturated heterocycles. The lowest BCUT2D eigenvalue weighted by Gasteiger charge is -2.29. The molecule has 2 aliphatic rings. The monoisotopic (exact) mass is 432 g/mol. The van der Waals surface area contributed by atoms with Gasteiger partial charge in [0, 0.05) is 56.4 Å². The van der Waals surface area contributed by atoms with Crippen molar-refractivity contribution in [3.8, 4) is 11.3 Å². The number of anilines is 2. The Labute approximate surface area is 189 Å². The quantitative estimate of drug-likeness (QED) is 0.641. The molecule has 0 aliphatic carbocycles. The standard InChI is InChI=1S/C25H32N6O/c1-3-26-17-25(2)8-11-31(18-25)24-23-22(27-9-10-28-23)16-21(29-24)19-4-6-20(7-5-19)30-12-14-32-15-13-30/h4-7,9-10,16,26H,3,8,11-15,17-18H2,1-2H3. The molecule has 5 rings (SSSR count). The highest BCUT2D eigenvalue weighted by Crippen LogP contribution is 2.36. The molecule has 2 fully saturated rings. The summed E-state index contributed by atoms with van der Waals surface area (Å²) in [6.07, 6.45) is 4.66. The Balaban J connectivity index is 1.46. The molecule has 32 heavy (non-hydrogen) atoms. The van der Waals surface area contributed by atoms with E-state index in [2.05, 4.69) is 69.3 Å². The fraction of sp³-hybridized carbons (Fsp3) is 0.480. The highest BCUT2D eigenvalue weighted by molar-refractivity contribution is 5.89. The molecule has 168 valence electrons. The van der Waals surface area contributed by atoms with Gasteiger partial charge in [-0.05, 0) is 36.6 Å². The molecule has 1 aromatic carbocycles. The van der Waals surface area contributed by atoms with Crippen molar-refractivity contribution in [2.24, 2.45) is 5.41 Å². The van der Waals surface area contributed by atoms with Gasteiger partial charge >= 0.3 is 0 Å². The molecular formula is C25H32N6O. The number of morpholine rings is 1. The minimum Gasteiger partial charge on any atom is -0.378 e. The van der Waals surface area contributed by atoms with Crippen LogP contribution in [0.4, 0.5) is 11.5 Å². The van der Waals surface area contributed by atoms with Gasteiger partial charge < -0.3 is 19.9 Å². The van der Waals surface area contributed by atoms with Crippen LogP contribution in [-0.2, 0) is 4.74 Å². The van der Waals surface area contributed by atoms with Crippen molar-refractivity contribution in [1.29, 1.82) is 0 Å². The lowest BCUT2D eigenvalue weighted by molar-refractivity contribution is 0.122. The summed E-state index contributed by atoms with van der Waals surface area (Å²) in [5, 5.41) is 3.52. The summed E-state index contributed by atoms with van der Waals surface area (Å²) in [6, 6.07) is 10.8. The number of nitrogens with one attached hydrogen (secondary N) is 1. The Kier molecular flexibility index (Phi) is 5.93. The first kappa shape index (κ1) is 21.1. The van der Waals surface area contributed by atoms with Gasteiger partial charge in [-0.1, -0.05) is 26.0 Å². The van der Waals surface area contributed by atoms with Crippen molar-refractivity contribution in [2.75, 3.05) is 62.3 Å². The predicted molar refractivity (Wildman–Crippen MR) is 129 cm³/mol. The zero-order chi connectivity index (χ0) is 22.0. The van der Waals surface area contributed by atoms with Crippen LogP contribution >= 0.6 is 0 Å². The average Bonchev–Trinajstić information content (AvgIpc) is 3.25. The Hall–Kier alpha value is -2.77. The smallest absolute Gasteiger partial charge is 0.157 e. The maximum absolute atomic E-state index is 5.48. The van der Waals surface area contributed by atoms with Crippen LogP contribution in [0.2, 0.25) is 0 Å². The third-order valence-electron chi connectivity index (χ3n) is 6.64. The highest BCUT2D eigenvalue weighted by Gasteiger charge is 2.35. The lowest BCUT2D eigenvalue weighted by Crippen LogP contribution is -2.36. The van der Waals surface area contributed by atoms with E-state index in [1.165, 1.54) is 5.69 Å². The summed E-state index contributed by atoms with van der Waals surface area (Å²) in [5.41, 5.74) is 5.30. The number of pyridine rings is 1. The van der Waals surface area contributed by atoms with Crippen molar-refractivity contribution in [3.05, 3.63) is 42.7 Å². The second kappa shape index (κ2) is 9.00. The molecule has 0 saturated carbocycles. The van der Waals surface area contributed by atoms with Gasteiger partial charge in [0.05, 0.1) is 24.4 Å². The summed E-state index contributed by atoms with van der Waals surface area (Å²) in [7, 11) is 0. The first-order valence-corrected chi connectivity index (χ1v) is 11.7. The van der Waals surface area contributed by atoms with E-state index >= 15 is 0 Å². The minimum atomic E-state index is 0.238. The summed E-state index contributed by atoms with van der Waals surface area (Å²) in [6.45, 7) is 12.0. The molecule has 7 heteroatoms. The second-order valence-electron chi connectivity index (χ2n) is 9.16. The third kappa shape index (κ3) is 4.27. The maximum Gasteiger partial charge on any atom is 0.157 e. The summed E-state index contributed by atoms with van der Waals surface area (Å²) < 4.78 is 5.48. The van der Waals surface area contributed by atoms with Gasteiger partial charge in [0.15, 0.2) is 5.82 Å². The van der Waals surface area contributed by atoms with Crippen LogP contribution < -0.4 is 15.1 Å². The van der Waals surface area contributed by atoms with E-state index in [1.54, 1.807) is 12.4 Å². The van der Waals surface area contributed by atoms with Gasteiger partial charge in [0.25, 0.3) is 0 Å². The fourth-order valence-corrected chi connectivity index (χ4v) is 4.76. The first-order valence-electron chi connectivity index (χ1n) is 11.7. The second-order valence-corrected chi connectivity index (χ2v) is 9.16. The number of nitrogens with zero attached hydrogens (tertiary/aromatic N) is 5. The average molecular weight is 433 g/mol. The number of hydrogen-bond donors (Lipinski definition) is 1. The van der Waals surface area contributed by atoms with Crippen LogP contribution in [-0.4, -0.2) is 67.4 Å². The van der Waals surface area contributed by atoms with E-state index in [1.807, 2.05) is 0 Å². The van der Waals surface area contributed by atoms with E-state index < -0.39 is 0 Å². The Bertz CT molecular complexity index is 1070. The van der Waals surface area contributed by atoms with E-state index in [0.717, 1.165) is 87.0 Å². The molecule has 7 nitrogen and oxygen atoms in total. The molecule has 0 amide bonds. The van der Waals surface area contributed by atoms with Gasteiger partial charge in [-0.3, -0.25) is 4.98 Å². The molecule has 0 radical (unpaired) electrons. The molecule has 1 atom stereocenters. The van der Waals surface area contributed by atoms with E-state index in [-0.39, 0.29) is 5.41 Å². The van der Waals surface area contributed by atoms with Crippen LogP contribution in [0.3, 0.4) is 0 Å². The van der Waals surface area contributed by atoms with E-state index in [4.69, 9.17) is 9.72 Å². The molecule has 4 heterocycles. The molecular weight excluding hydrogens is 400 g/mol. The van der Waals surface area contributed by atoms with Crippen molar-refractivity contribution in [2.45, 2.75) is 20.3 Å². The van der Waals surface area contributed by atoms with Gasteiger partial charge in [0.2, 0.25) is 0 Å². The topological polar surface area (TPSA) is 66.4 Å². The lowest BCUT2D eigenvalue weighted by atomic mass is 9.90. The van der Waals surface area contributed by atoms with Crippen molar-refractivity contribution < 1.29 is 4.74 Å². The van der Waals surface area contributed by atoms with Crippen molar-refractivity contribution in [3.63, 3.8) is 0 Å². The predicted octanol–water partition coefficient (Wildman–Crippen LogP) is 3.35. The van der Waals surface area contributed by atoms with Gasteiger partial charge in [-0.15, -0.1) is 0 Å². The zero-order valence-corrected chi connectivity index (χ0v) is 19.0. The molecule has 1 unspecified atom stereocenters. The first-order chi connectivity index (χ1) is 15.6. The number of aromatic nitrogens is 3. The maximum atomic E-state index is 5.48. The zero-order valence-electron chi connectivity index (χ0n) is 19.0. The summed E-state index contributed by atoms with van der Waals surface area (Å²) in [4.78, 5) is 19.1. The van der Waals surface area contributed by atoms with Crippen LogP contribution in [0.15, 0.2) is 42.7 Å². The SMILES string of the molecule is CCNCC1(C)CCN(c2nc(-c3ccc(N4CCOCC4)cc3)cc3nccnc23)C1. The Morgan fingerprint density at radius 3 is 2.59 bits per heavy atom. The van der Waals surface area contributed by atoms with Crippen molar-refractivity contribution in [1.82, 2.24) is 20.3 Å². The molecule has 2 aliphatic heterocycles. The van der Waals surface area contributed by atoms with E-state index in [9.17, 15) is 0 Å². The number of ether oxygens (including phenoxy) is 1. The molecule has 1 N–H and O–H groups in total. The summed E-state index contributed by atoms with van der Waals surface area (Å²) in [5.74, 6) is 0.947. The number of rotatable bonds is 6. The van der Waals surface area contributed by atoms with Crippen LogP contribution in [0.1, 0.15) is 20.3 Å². The third-order valence-corrected chi connectivity index (χ3v) is 6.64. The largest absolute Gasteiger partial charge is 0.378 e. The fourth-order valence-electron chi connectivity index (χ4n) is 4.76. The van der Waals surface area contributed by atoms with Gasteiger partial charge in [0.1, 0.15) is 5.52 Å². The highest BCUT2D eigenvalue weighted by atomic mass is 16.5. The number of benzene rings is 1. The van der Waals surface area contributed by atoms with Gasteiger partial charge in [-0.2, -0.15) is 0 Å². The Morgan fingerprint density at radius 2 is 1.81 bits per heavy atom. The number of fused-ring (bicyclic) bond motifs is 1. The summed E-state index contributed by atoms with van der Waals surface area (Å²) >= 11 is 0. The van der Waals surface area contributed by atoms with Crippen molar-refractivity contribution >= 4 is 22.5 Å². The van der Waals surface area contributed by atoms with Crippen LogP contribution in [0.5, 0.6) is 0 Å². The van der Waals surface area contributed by atoms with Crippen LogP contribution in [0.25, 0.3) is 22.3 Å². The molecule has 3 aromatic rings.